The summed E-state index contributed by atoms with van der Waals surface area (Å²) < 4.78 is 0. The normalized spacial score (nSPS) is 11.2. The van der Waals surface area contributed by atoms with Gasteiger partial charge in [0.05, 0.1) is 5.69 Å². The van der Waals surface area contributed by atoms with Gasteiger partial charge in [-0.25, -0.2) is 4.99 Å². The number of Topliss-reactive ketones (excluding diaryl/α,β-unsaturated/α-hetero) is 1. The molecular weight excluding hydrogens is 366 g/mol. The third-order valence-electron chi connectivity index (χ3n) is 4.67. The quantitative estimate of drug-likeness (QED) is 0.400. The molecule has 2 rings (SSSR count). The van der Waals surface area contributed by atoms with Crippen LogP contribution in [0.5, 0.6) is 0 Å². The van der Waals surface area contributed by atoms with E-state index < -0.39 is 5.91 Å². The van der Waals surface area contributed by atoms with Crippen LogP contribution in [0.4, 0.5) is 11.4 Å². The lowest BCUT2D eigenvalue weighted by molar-refractivity contribution is 0.0995. The maximum absolute atomic E-state index is 11.7. The Bertz CT molecular complexity index is 877. The Morgan fingerprint density at radius 3 is 2.34 bits per heavy atom. The van der Waals surface area contributed by atoms with Gasteiger partial charge in [0.2, 0.25) is 5.91 Å². The number of anilines is 1. The molecule has 154 valence electrons. The van der Waals surface area contributed by atoms with Crippen LogP contribution in [-0.2, 0) is 0 Å². The Hall–Kier alpha value is -3.22. The smallest absolute Gasteiger partial charge is 0.248 e. The zero-order valence-corrected chi connectivity index (χ0v) is 17.6. The minimum Gasteiger partial charge on any atom is -0.370 e. The van der Waals surface area contributed by atoms with Gasteiger partial charge in [0.25, 0.3) is 0 Å². The number of rotatable bonds is 9. The second kappa shape index (κ2) is 10.4. The van der Waals surface area contributed by atoms with Crippen molar-refractivity contribution in [3.05, 3.63) is 53.9 Å². The zero-order chi connectivity index (χ0) is 21.4. The number of carbonyl (C=O) groups is 2. The second-order valence-corrected chi connectivity index (χ2v) is 6.91. The van der Waals surface area contributed by atoms with Crippen LogP contribution in [0.3, 0.4) is 0 Å². The molecule has 0 fully saturated rings. The second-order valence-electron chi connectivity index (χ2n) is 6.91. The molecule has 1 aromatic carbocycles. The summed E-state index contributed by atoms with van der Waals surface area (Å²) in [4.78, 5) is 36.1. The summed E-state index contributed by atoms with van der Waals surface area (Å²) in [7, 11) is 1.98. The molecule has 0 radical (unpaired) electrons. The van der Waals surface area contributed by atoms with Gasteiger partial charge in [-0.15, -0.1) is 0 Å². The van der Waals surface area contributed by atoms with Gasteiger partial charge in [0.15, 0.2) is 5.78 Å². The van der Waals surface area contributed by atoms with Gasteiger partial charge in [-0.3, -0.25) is 14.6 Å². The maximum atomic E-state index is 11.7. The molecule has 1 amide bonds. The highest BCUT2D eigenvalue weighted by Gasteiger charge is 2.11. The van der Waals surface area contributed by atoms with E-state index >= 15 is 0 Å². The summed E-state index contributed by atoms with van der Waals surface area (Å²) >= 11 is 0. The van der Waals surface area contributed by atoms with Crippen molar-refractivity contribution in [2.24, 2.45) is 10.7 Å². The van der Waals surface area contributed by atoms with Gasteiger partial charge in [-0.2, -0.15) is 0 Å². The van der Waals surface area contributed by atoms with E-state index in [4.69, 9.17) is 5.73 Å². The van der Waals surface area contributed by atoms with E-state index in [-0.39, 0.29) is 5.78 Å². The van der Waals surface area contributed by atoms with E-state index in [1.807, 2.05) is 26.1 Å². The first-order valence-electron chi connectivity index (χ1n) is 9.70. The van der Waals surface area contributed by atoms with E-state index in [1.165, 1.54) is 6.92 Å². The molecule has 0 atom stereocenters. The van der Waals surface area contributed by atoms with E-state index in [9.17, 15) is 9.59 Å². The molecule has 2 aromatic rings. The monoisotopic (exact) mass is 395 g/mol. The first kappa shape index (κ1) is 22.1. The fraction of sp³-hybridized carbons (Fsp3) is 0.364. The average molecular weight is 396 g/mol. The van der Waals surface area contributed by atoms with Gasteiger partial charge in [0.1, 0.15) is 11.5 Å². The molecule has 29 heavy (non-hydrogen) atoms. The highest BCUT2D eigenvalue weighted by molar-refractivity contribution is 5.98. The number of likely N-dealkylation sites (N-methyl/N-ethyl adjacent to an activating group) is 1. The van der Waals surface area contributed by atoms with Gasteiger partial charge in [-0.1, -0.05) is 6.92 Å². The van der Waals surface area contributed by atoms with Crippen LogP contribution in [0.2, 0.25) is 0 Å². The number of carbonyl (C=O) groups excluding carboxylic acids is 2. The summed E-state index contributed by atoms with van der Waals surface area (Å²) in [6.07, 6.45) is 2.60. The molecule has 0 aliphatic heterocycles. The Kier molecular flexibility index (Phi) is 7.88. The molecule has 0 spiro atoms. The fourth-order valence-electron chi connectivity index (χ4n) is 2.93. The minimum absolute atomic E-state index is 0.103. The molecule has 0 unspecified atom stereocenters. The standard InChI is InChI=1S/C22H29N5O2/c1-5-13-27(19-10-8-18(9-11-19)22(23)29)15-14-26(4)17(3)25-20-7-6-12-24-21(20)16(2)28/h6-12H,5,13-15H2,1-4H3,(H2,23,29). The van der Waals surface area contributed by atoms with Crippen LogP contribution < -0.4 is 10.6 Å². The molecule has 0 aliphatic rings. The molecule has 0 saturated heterocycles. The van der Waals surface area contributed by atoms with E-state index in [2.05, 4.69) is 26.7 Å². The summed E-state index contributed by atoms with van der Waals surface area (Å²) in [6, 6.07) is 10.9. The zero-order valence-electron chi connectivity index (χ0n) is 17.6. The van der Waals surface area contributed by atoms with Crippen molar-refractivity contribution < 1.29 is 9.59 Å². The van der Waals surface area contributed by atoms with Gasteiger partial charge >= 0.3 is 0 Å². The van der Waals surface area contributed by atoms with Crippen molar-refractivity contribution in [2.75, 3.05) is 31.6 Å². The fourth-order valence-corrected chi connectivity index (χ4v) is 2.93. The van der Waals surface area contributed by atoms with E-state index in [0.717, 1.165) is 37.6 Å². The first-order chi connectivity index (χ1) is 13.8. The third kappa shape index (κ3) is 6.14. The van der Waals surface area contributed by atoms with Gasteiger partial charge in [-0.05, 0) is 49.7 Å². The summed E-state index contributed by atoms with van der Waals surface area (Å²) in [5, 5.41) is 0. The topological polar surface area (TPSA) is 91.9 Å². The molecule has 0 saturated carbocycles. The number of primary amides is 1. The number of aromatic nitrogens is 1. The van der Waals surface area contributed by atoms with Gasteiger partial charge in [0, 0.05) is 51.1 Å². The average Bonchev–Trinajstić information content (AvgIpc) is 2.71. The Morgan fingerprint density at radius 2 is 1.76 bits per heavy atom. The number of amidine groups is 1. The third-order valence-corrected chi connectivity index (χ3v) is 4.67. The molecule has 0 aliphatic carbocycles. The number of aliphatic imine (C=N–C) groups is 1. The maximum Gasteiger partial charge on any atom is 0.248 e. The first-order valence-corrected chi connectivity index (χ1v) is 9.70. The predicted molar refractivity (Wildman–Crippen MR) is 117 cm³/mol. The number of pyridine rings is 1. The highest BCUT2D eigenvalue weighted by Crippen LogP contribution is 2.18. The van der Waals surface area contributed by atoms with Crippen molar-refractivity contribution in [2.45, 2.75) is 27.2 Å². The number of ketones is 1. The highest BCUT2D eigenvalue weighted by atomic mass is 16.1. The lowest BCUT2D eigenvalue weighted by Gasteiger charge is -2.28. The molecule has 1 aromatic heterocycles. The van der Waals surface area contributed by atoms with Crippen molar-refractivity contribution in [1.29, 1.82) is 0 Å². The van der Waals surface area contributed by atoms with Crippen molar-refractivity contribution in [1.82, 2.24) is 9.88 Å². The number of nitrogens with zero attached hydrogens (tertiary/aromatic N) is 4. The van der Waals surface area contributed by atoms with Crippen molar-refractivity contribution >= 4 is 28.9 Å². The number of hydrogen-bond acceptors (Lipinski definition) is 5. The Balaban J connectivity index is 2.09. The summed E-state index contributed by atoms with van der Waals surface area (Å²) in [6.45, 7) is 7.99. The number of amides is 1. The predicted octanol–water partition coefficient (Wildman–Crippen LogP) is 3.28. The lowest BCUT2D eigenvalue weighted by atomic mass is 10.2. The van der Waals surface area contributed by atoms with Gasteiger partial charge < -0.3 is 15.5 Å². The van der Waals surface area contributed by atoms with E-state index in [0.29, 0.717) is 16.9 Å². The lowest BCUT2D eigenvalue weighted by Crippen LogP contribution is -2.36. The van der Waals surface area contributed by atoms with Crippen LogP contribution in [0.1, 0.15) is 48.0 Å². The minimum atomic E-state index is -0.425. The van der Waals surface area contributed by atoms with E-state index in [1.54, 1.807) is 30.5 Å². The van der Waals surface area contributed by atoms with Crippen molar-refractivity contribution in [3.63, 3.8) is 0 Å². The van der Waals surface area contributed by atoms with Crippen LogP contribution in [0.25, 0.3) is 0 Å². The summed E-state index contributed by atoms with van der Waals surface area (Å²) in [5.74, 6) is 0.278. The number of hydrogen-bond donors (Lipinski definition) is 1. The van der Waals surface area contributed by atoms with Crippen LogP contribution in [0, 0.1) is 0 Å². The molecule has 7 nitrogen and oxygen atoms in total. The van der Waals surface area contributed by atoms with Crippen molar-refractivity contribution in [3.8, 4) is 0 Å². The molecule has 7 heteroatoms. The van der Waals surface area contributed by atoms with Crippen LogP contribution in [0.15, 0.2) is 47.6 Å². The van der Waals surface area contributed by atoms with Crippen LogP contribution >= 0.6 is 0 Å². The number of benzene rings is 1. The molecular formula is C22H29N5O2. The SMILES string of the molecule is CCCN(CCN(C)C(C)=Nc1cccnc1C(C)=O)c1ccc(C(N)=O)cc1. The molecule has 2 N–H and O–H groups in total. The largest absolute Gasteiger partial charge is 0.370 e. The molecule has 0 bridgehead atoms. The number of nitrogens with two attached hydrogens (primary N) is 1. The Morgan fingerprint density at radius 1 is 1.07 bits per heavy atom. The van der Waals surface area contributed by atoms with Crippen LogP contribution in [-0.4, -0.2) is 54.1 Å². The molecule has 1 heterocycles. The summed E-state index contributed by atoms with van der Waals surface area (Å²) in [5.41, 5.74) is 7.83. The Labute approximate surface area is 172 Å².